The van der Waals surface area contributed by atoms with Crippen molar-refractivity contribution in [2.24, 2.45) is 5.92 Å². The number of ether oxygens (including phenoxy) is 3. The molecule has 0 fully saturated rings. The number of rotatable bonds is 10. The van der Waals surface area contributed by atoms with E-state index in [-0.39, 0.29) is 12.5 Å². The van der Waals surface area contributed by atoms with Crippen LogP contribution in [-0.2, 0) is 19.7 Å². The maximum atomic E-state index is 12.0. The molecule has 1 aromatic rings. The second-order valence-electron chi connectivity index (χ2n) is 5.56. The van der Waals surface area contributed by atoms with Crippen molar-refractivity contribution in [3.05, 3.63) is 29.8 Å². The fourth-order valence-corrected chi connectivity index (χ4v) is 2.45. The maximum absolute atomic E-state index is 12.0. The van der Waals surface area contributed by atoms with Gasteiger partial charge in [0.1, 0.15) is 11.2 Å². The van der Waals surface area contributed by atoms with Crippen molar-refractivity contribution in [1.29, 1.82) is 0 Å². The van der Waals surface area contributed by atoms with Crippen molar-refractivity contribution in [2.45, 2.75) is 25.7 Å². The van der Waals surface area contributed by atoms with Crippen molar-refractivity contribution in [3.63, 3.8) is 0 Å². The molecule has 1 aromatic carbocycles. The Labute approximate surface area is 132 Å². The number of hydrogen-bond acceptors (Lipinski definition) is 4. The Bertz CT molecular complexity index is 472. The molecule has 0 radical (unpaired) electrons. The molecule has 0 aliphatic carbocycles. The standard InChI is InChI=1S/C17H26O5/c1-13(2)17(16(18)19,12-22-10-6-9-20-3)14-7-5-8-15(11-14)21-4/h5,7-8,11,13H,6,9-10,12H2,1-4H3,(H,18,19)/t17-/m1/s1. The Hall–Kier alpha value is -1.59. The van der Waals surface area contributed by atoms with Crippen LogP contribution in [-0.4, -0.2) is 45.1 Å². The molecule has 0 amide bonds. The lowest BCUT2D eigenvalue weighted by Gasteiger charge is -2.33. The SMILES string of the molecule is COCCCOC[C@](C(=O)O)(c1cccc(OC)c1)C(C)C. The van der Waals surface area contributed by atoms with Crippen LogP contribution in [0, 0.1) is 5.92 Å². The smallest absolute Gasteiger partial charge is 0.316 e. The van der Waals surface area contributed by atoms with Gasteiger partial charge in [-0.1, -0.05) is 26.0 Å². The molecule has 0 heterocycles. The van der Waals surface area contributed by atoms with Crippen molar-refractivity contribution in [1.82, 2.24) is 0 Å². The molecule has 0 bridgehead atoms. The zero-order chi connectivity index (χ0) is 16.6. The number of carboxylic acids is 1. The number of methoxy groups -OCH3 is 2. The van der Waals surface area contributed by atoms with Crippen LogP contribution in [0.5, 0.6) is 5.75 Å². The van der Waals surface area contributed by atoms with E-state index < -0.39 is 11.4 Å². The lowest BCUT2D eigenvalue weighted by molar-refractivity contribution is -0.149. The van der Waals surface area contributed by atoms with Gasteiger partial charge >= 0.3 is 5.97 Å². The Morgan fingerprint density at radius 3 is 2.55 bits per heavy atom. The van der Waals surface area contributed by atoms with E-state index in [1.165, 1.54) is 0 Å². The molecule has 124 valence electrons. The number of aliphatic carboxylic acids is 1. The van der Waals surface area contributed by atoms with Crippen LogP contribution in [0.3, 0.4) is 0 Å². The van der Waals surface area contributed by atoms with E-state index in [0.717, 1.165) is 6.42 Å². The van der Waals surface area contributed by atoms with Crippen LogP contribution in [0.1, 0.15) is 25.8 Å². The van der Waals surface area contributed by atoms with Crippen LogP contribution >= 0.6 is 0 Å². The molecular weight excluding hydrogens is 284 g/mol. The fraction of sp³-hybridized carbons (Fsp3) is 0.588. The summed E-state index contributed by atoms with van der Waals surface area (Å²) in [7, 11) is 3.20. The van der Waals surface area contributed by atoms with Gasteiger partial charge in [-0.15, -0.1) is 0 Å². The van der Waals surface area contributed by atoms with E-state index in [9.17, 15) is 9.90 Å². The third-order valence-electron chi connectivity index (χ3n) is 3.92. The van der Waals surface area contributed by atoms with E-state index in [2.05, 4.69) is 0 Å². The van der Waals surface area contributed by atoms with Crippen molar-refractivity contribution < 1.29 is 24.1 Å². The van der Waals surface area contributed by atoms with Crippen molar-refractivity contribution >= 4 is 5.97 Å². The Kier molecular flexibility index (Phi) is 7.35. The minimum Gasteiger partial charge on any atom is -0.497 e. The van der Waals surface area contributed by atoms with Crippen LogP contribution in [0.4, 0.5) is 0 Å². The first kappa shape index (κ1) is 18.5. The van der Waals surface area contributed by atoms with Crippen molar-refractivity contribution in [3.8, 4) is 5.75 Å². The zero-order valence-corrected chi connectivity index (χ0v) is 13.8. The molecule has 5 heteroatoms. The highest BCUT2D eigenvalue weighted by molar-refractivity contribution is 5.82. The van der Waals surface area contributed by atoms with Gasteiger partial charge in [-0.05, 0) is 30.0 Å². The normalized spacial score (nSPS) is 13.9. The largest absolute Gasteiger partial charge is 0.497 e. The summed E-state index contributed by atoms with van der Waals surface area (Å²) in [6.45, 7) is 4.98. The van der Waals surface area contributed by atoms with E-state index in [4.69, 9.17) is 14.2 Å². The number of benzene rings is 1. The van der Waals surface area contributed by atoms with E-state index in [1.807, 2.05) is 19.9 Å². The second-order valence-corrected chi connectivity index (χ2v) is 5.56. The van der Waals surface area contributed by atoms with Gasteiger partial charge in [-0.3, -0.25) is 4.79 Å². The molecule has 5 nitrogen and oxygen atoms in total. The third-order valence-corrected chi connectivity index (χ3v) is 3.92. The van der Waals surface area contributed by atoms with E-state index >= 15 is 0 Å². The molecule has 1 rings (SSSR count). The summed E-state index contributed by atoms with van der Waals surface area (Å²) in [6, 6.07) is 7.19. The van der Waals surface area contributed by atoms with Gasteiger partial charge in [0, 0.05) is 20.3 Å². The van der Waals surface area contributed by atoms with Crippen LogP contribution < -0.4 is 4.74 Å². The molecule has 0 saturated heterocycles. The van der Waals surface area contributed by atoms with Gasteiger partial charge in [-0.2, -0.15) is 0 Å². The summed E-state index contributed by atoms with van der Waals surface area (Å²) in [5.41, 5.74) is -0.400. The first-order valence-electron chi connectivity index (χ1n) is 7.43. The first-order chi connectivity index (χ1) is 10.5. The predicted molar refractivity (Wildman–Crippen MR) is 84.5 cm³/mol. The van der Waals surface area contributed by atoms with Gasteiger partial charge in [-0.25, -0.2) is 0 Å². The fourth-order valence-electron chi connectivity index (χ4n) is 2.45. The highest BCUT2D eigenvalue weighted by Gasteiger charge is 2.44. The highest BCUT2D eigenvalue weighted by Crippen LogP contribution is 2.35. The molecule has 22 heavy (non-hydrogen) atoms. The predicted octanol–water partition coefficient (Wildman–Crippen LogP) is 2.73. The number of hydrogen-bond donors (Lipinski definition) is 1. The van der Waals surface area contributed by atoms with Crippen molar-refractivity contribution in [2.75, 3.05) is 34.0 Å². The van der Waals surface area contributed by atoms with Gasteiger partial charge < -0.3 is 19.3 Å². The van der Waals surface area contributed by atoms with E-state index in [0.29, 0.717) is 24.5 Å². The molecule has 1 atom stereocenters. The topological polar surface area (TPSA) is 65.0 Å². The highest BCUT2D eigenvalue weighted by atomic mass is 16.5. The maximum Gasteiger partial charge on any atom is 0.316 e. The summed E-state index contributed by atoms with van der Waals surface area (Å²) in [4.78, 5) is 12.0. The second kappa shape index (κ2) is 8.76. The van der Waals surface area contributed by atoms with Gasteiger partial charge in [0.2, 0.25) is 0 Å². The minimum absolute atomic E-state index is 0.122. The first-order valence-corrected chi connectivity index (χ1v) is 7.43. The monoisotopic (exact) mass is 310 g/mol. The Morgan fingerprint density at radius 2 is 2.00 bits per heavy atom. The van der Waals surface area contributed by atoms with Crippen LogP contribution in [0.25, 0.3) is 0 Å². The van der Waals surface area contributed by atoms with Crippen LogP contribution in [0.2, 0.25) is 0 Å². The number of carbonyl (C=O) groups is 1. The average Bonchev–Trinajstić information content (AvgIpc) is 2.50. The molecule has 0 saturated carbocycles. The molecule has 1 N–H and O–H groups in total. The zero-order valence-electron chi connectivity index (χ0n) is 13.8. The quantitative estimate of drug-likeness (QED) is 0.673. The lowest BCUT2D eigenvalue weighted by atomic mass is 9.72. The lowest BCUT2D eigenvalue weighted by Crippen LogP contribution is -2.45. The summed E-state index contributed by atoms with van der Waals surface area (Å²) in [5, 5.41) is 9.87. The Balaban J connectivity index is 3.02. The van der Waals surface area contributed by atoms with Gasteiger partial charge in [0.15, 0.2) is 0 Å². The van der Waals surface area contributed by atoms with Crippen LogP contribution in [0.15, 0.2) is 24.3 Å². The third kappa shape index (κ3) is 4.21. The summed E-state index contributed by atoms with van der Waals surface area (Å²) < 4.78 is 15.8. The summed E-state index contributed by atoms with van der Waals surface area (Å²) in [5.74, 6) is -0.370. The summed E-state index contributed by atoms with van der Waals surface area (Å²) in [6.07, 6.45) is 0.738. The molecular formula is C17H26O5. The average molecular weight is 310 g/mol. The van der Waals surface area contributed by atoms with E-state index in [1.54, 1.807) is 32.4 Å². The van der Waals surface area contributed by atoms with Gasteiger partial charge in [0.05, 0.1) is 13.7 Å². The molecule has 0 aromatic heterocycles. The molecule has 0 aliphatic rings. The molecule has 0 spiro atoms. The minimum atomic E-state index is -1.10. The number of carboxylic acid groups (broad SMARTS) is 1. The van der Waals surface area contributed by atoms with Gasteiger partial charge in [0.25, 0.3) is 0 Å². The molecule has 0 aliphatic heterocycles. The summed E-state index contributed by atoms with van der Waals surface area (Å²) >= 11 is 0. The molecule has 0 unspecified atom stereocenters. The Morgan fingerprint density at radius 1 is 1.27 bits per heavy atom.